The van der Waals surface area contributed by atoms with Gasteiger partial charge in [0.2, 0.25) is 0 Å². The lowest BCUT2D eigenvalue weighted by molar-refractivity contribution is 0.130. The Morgan fingerprint density at radius 1 is 1.00 bits per heavy atom. The Morgan fingerprint density at radius 3 is 2.17 bits per heavy atom. The maximum absolute atomic E-state index is 6.28. The zero-order valence-corrected chi connectivity index (χ0v) is 14.7. The third kappa shape index (κ3) is 5.31. The molecule has 2 aromatic carbocycles. The SMILES string of the molecule is ClCCl.Nc1ccc(C2=CCC(N)(Oc3ccccc3)C=C2)cc1. The number of alkyl halides is 2. The van der Waals surface area contributed by atoms with E-state index in [9.17, 15) is 0 Å². The fraction of sp³-hybridized carbons (Fsp3) is 0.158. The number of nitrogen functional groups attached to an aromatic ring is 1. The van der Waals surface area contributed by atoms with Gasteiger partial charge >= 0.3 is 0 Å². The van der Waals surface area contributed by atoms with Gasteiger partial charge in [0.1, 0.15) is 5.75 Å². The molecule has 1 aliphatic carbocycles. The standard InChI is InChI=1S/C18H18N2O.CH2Cl2/c19-16-8-6-14(7-9-16)15-10-12-18(20,13-11-15)21-17-4-2-1-3-5-17;2-1-3/h1-12H,13,19-20H2;1H2. The van der Waals surface area contributed by atoms with Crippen molar-refractivity contribution in [1.29, 1.82) is 0 Å². The molecule has 0 saturated carbocycles. The number of hydrogen-bond acceptors (Lipinski definition) is 3. The molecule has 3 rings (SSSR count). The zero-order valence-electron chi connectivity index (χ0n) is 13.2. The Labute approximate surface area is 152 Å². The Kier molecular flexibility index (Phi) is 6.73. The number of hydrogen-bond donors (Lipinski definition) is 2. The highest BCUT2D eigenvalue weighted by atomic mass is 35.5. The van der Waals surface area contributed by atoms with Crippen molar-refractivity contribution in [2.24, 2.45) is 5.73 Å². The minimum Gasteiger partial charge on any atom is -0.469 e. The highest BCUT2D eigenvalue weighted by molar-refractivity contribution is 6.40. The highest BCUT2D eigenvalue weighted by Crippen LogP contribution is 2.28. The number of para-hydroxylation sites is 1. The number of anilines is 1. The van der Waals surface area contributed by atoms with Crippen molar-refractivity contribution in [2.75, 3.05) is 11.1 Å². The number of rotatable bonds is 3. The van der Waals surface area contributed by atoms with Crippen molar-refractivity contribution in [3.8, 4) is 5.75 Å². The van der Waals surface area contributed by atoms with E-state index in [1.165, 1.54) is 0 Å². The van der Waals surface area contributed by atoms with Crippen molar-refractivity contribution in [3.05, 3.63) is 78.4 Å². The van der Waals surface area contributed by atoms with Crippen LogP contribution in [0.3, 0.4) is 0 Å². The molecule has 126 valence electrons. The highest BCUT2D eigenvalue weighted by Gasteiger charge is 2.25. The van der Waals surface area contributed by atoms with Gasteiger partial charge in [0, 0.05) is 12.1 Å². The molecule has 0 bridgehead atoms. The molecule has 4 N–H and O–H groups in total. The molecule has 0 amide bonds. The van der Waals surface area contributed by atoms with Crippen molar-refractivity contribution >= 4 is 34.5 Å². The molecule has 1 aliphatic rings. The minimum atomic E-state index is -0.793. The summed E-state index contributed by atoms with van der Waals surface area (Å²) in [7, 11) is 0. The third-order valence-electron chi connectivity index (χ3n) is 3.48. The van der Waals surface area contributed by atoms with Crippen molar-refractivity contribution < 1.29 is 4.74 Å². The van der Waals surface area contributed by atoms with E-state index in [4.69, 9.17) is 39.4 Å². The van der Waals surface area contributed by atoms with Gasteiger partial charge in [-0.05, 0) is 41.5 Å². The molecule has 1 unspecified atom stereocenters. The van der Waals surface area contributed by atoms with Crippen LogP contribution in [0.1, 0.15) is 12.0 Å². The summed E-state index contributed by atoms with van der Waals surface area (Å²) in [4.78, 5) is 0. The van der Waals surface area contributed by atoms with E-state index in [2.05, 4.69) is 6.08 Å². The molecule has 0 aliphatic heterocycles. The van der Waals surface area contributed by atoms with E-state index < -0.39 is 5.72 Å². The molecule has 0 saturated heterocycles. The Hall–Kier alpha value is -1.94. The zero-order chi connectivity index (χ0) is 17.4. The fourth-order valence-corrected chi connectivity index (χ4v) is 2.31. The summed E-state index contributed by atoms with van der Waals surface area (Å²) in [6.45, 7) is 0. The van der Waals surface area contributed by atoms with Gasteiger partial charge in [-0.3, -0.25) is 5.73 Å². The van der Waals surface area contributed by atoms with Gasteiger partial charge in [0.25, 0.3) is 0 Å². The Bertz CT molecular complexity index is 699. The van der Waals surface area contributed by atoms with Crippen molar-refractivity contribution in [1.82, 2.24) is 0 Å². The fourth-order valence-electron chi connectivity index (χ4n) is 2.31. The average Bonchev–Trinajstić information content (AvgIpc) is 2.58. The van der Waals surface area contributed by atoms with Crippen LogP contribution < -0.4 is 16.2 Å². The molecular formula is C19H20Cl2N2O. The maximum Gasteiger partial charge on any atom is 0.181 e. The predicted octanol–water partition coefficient (Wildman–Crippen LogP) is 4.77. The van der Waals surface area contributed by atoms with Crippen LogP contribution in [0.15, 0.2) is 72.8 Å². The van der Waals surface area contributed by atoms with Crippen LogP contribution in [-0.4, -0.2) is 11.1 Å². The Morgan fingerprint density at radius 2 is 1.62 bits per heavy atom. The number of ether oxygens (including phenoxy) is 1. The maximum atomic E-state index is 6.28. The molecule has 0 radical (unpaired) electrons. The summed E-state index contributed by atoms with van der Waals surface area (Å²) in [6, 6.07) is 17.4. The second kappa shape index (κ2) is 8.78. The second-order valence-electron chi connectivity index (χ2n) is 5.29. The molecule has 5 heteroatoms. The van der Waals surface area contributed by atoms with Gasteiger partial charge in [0.05, 0.1) is 5.34 Å². The first-order chi connectivity index (χ1) is 11.6. The van der Waals surface area contributed by atoms with Crippen LogP contribution in [0.4, 0.5) is 5.69 Å². The molecule has 3 nitrogen and oxygen atoms in total. The van der Waals surface area contributed by atoms with E-state index in [0.29, 0.717) is 6.42 Å². The molecule has 0 heterocycles. The smallest absolute Gasteiger partial charge is 0.181 e. The second-order valence-corrected chi connectivity index (χ2v) is 6.10. The molecule has 0 aromatic heterocycles. The van der Waals surface area contributed by atoms with E-state index in [0.717, 1.165) is 22.6 Å². The summed E-state index contributed by atoms with van der Waals surface area (Å²) in [5.41, 5.74) is 14.2. The molecule has 1 atom stereocenters. The number of halogens is 2. The van der Waals surface area contributed by atoms with E-state index >= 15 is 0 Å². The first-order valence-corrected chi connectivity index (χ1v) is 8.53. The van der Waals surface area contributed by atoms with Crippen molar-refractivity contribution in [3.63, 3.8) is 0 Å². The van der Waals surface area contributed by atoms with Crippen LogP contribution in [-0.2, 0) is 0 Å². The molecule has 0 fully saturated rings. The van der Waals surface area contributed by atoms with Crippen molar-refractivity contribution in [2.45, 2.75) is 12.1 Å². The first kappa shape index (κ1) is 18.4. The predicted molar refractivity (Wildman–Crippen MR) is 103 cm³/mol. The quantitative estimate of drug-likeness (QED) is 0.469. The van der Waals surface area contributed by atoms with E-state index in [-0.39, 0.29) is 5.34 Å². The summed E-state index contributed by atoms with van der Waals surface area (Å²) in [5.74, 6) is 0.772. The van der Waals surface area contributed by atoms with Gasteiger partial charge in [-0.1, -0.05) is 42.5 Å². The van der Waals surface area contributed by atoms with Crippen LogP contribution in [0.2, 0.25) is 0 Å². The monoisotopic (exact) mass is 362 g/mol. The average molecular weight is 363 g/mol. The lowest BCUT2D eigenvalue weighted by atomic mass is 9.95. The van der Waals surface area contributed by atoms with Gasteiger partial charge in [-0.25, -0.2) is 0 Å². The molecule has 2 aromatic rings. The molecular weight excluding hydrogens is 343 g/mol. The summed E-state index contributed by atoms with van der Waals surface area (Å²) >= 11 is 9.53. The summed E-state index contributed by atoms with van der Waals surface area (Å²) in [5, 5.41) is 0.194. The van der Waals surface area contributed by atoms with Crippen LogP contribution >= 0.6 is 23.2 Å². The summed E-state index contributed by atoms with van der Waals surface area (Å²) < 4.78 is 5.87. The van der Waals surface area contributed by atoms with Crippen LogP contribution in [0, 0.1) is 0 Å². The normalized spacial score (nSPS) is 19.0. The van der Waals surface area contributed by atoms with Gasteiger partial charge < -0.3 is 10.5 Å². The molecule has 24 heavy (non-hydrogen) atoms. The largest absolute Gasteiger partial charge is 0.469 e. The van der Waals surface area contributed by atoms with Gasteiger partial charge in [-0.15, -0.1) is 23.2 Å². The third-order valence-corrected chi connectivity index (χ3v) is 3.48. The minimum absolute atomic E-state index is 0.194. The van der Waals surface area contributed by atoms with Crippen LogP contribution in [0.25, 0.3) is 5.57 Å². The number of allylic oxidation sites excluding steroid dienone is 2. The Balaban J connectivity index is 0.000000647. The van der Waals surface area contributed by atoms with Gasteiger partial charge in [-0.2, -0.15) is 0 Å². The topological polar surface area (TPSA) is 61.3 Å². The number of benzene rings is 2. The van der Waals surface area contributed by atoms with Crippen LogP contribution in [0.5, 0.6) is 5.75 Å². The van der Waals surface area contributed by atoms with E-state index in [1.807, 2.05) is 66.7 Å². The lowest BCUT2D eigenvalue weighted by Gasteiger charge is -2.29. The molecule has 0 spiro atoms. The van der Waals surface area contributed by atoms with Gasteiger partial charge in [0.15, 0.2) is 5.72 Å². The first-order valence-electron chi connectivity index (χ1n) is 7.46. The lowest BCUT2D eigenvalue weighted by Crippen LogP contribution is -2.44. The van der Waals surface area contributed by atoms with E-state index in [1.54, 1.807) is 0 Å². The number of nitrogens with two attached hydrogens (primary N) is 2. The summed E-state index contributed by atoms with van der Waals surface area (Å²) in [6.07, 6.45) is 6.62.